The highest BCUT2D eigenvalue weighted by atomic mass is 16.3. The Bertz CT molecular complexity index is 291. The summed E-state index contributed by atoms with van der Waals surface area (Å²) in [6.45, 7) is 4.27. The van der Waals surface area contributed by atoms with Gasteiger partial charge < -0.3 is 15.7 Å². The first-order chi connectivity index (χ1) is 9.11. The van der Waals surface area contributed by atoms with E-state index in [2.05, 4.69) is 0 Å². The Balaban J connectivity index is 1.78. The Kier molecular flexibility index (Phi) is 5.22. The number of rotatable bonds is 3. The molecule has 2 aliphatic rings. The van der Waals surface area contributed by atoms with Gasteiger partial charge in [0.05, 0.1) is 6.10 Å². The van der Waals surface area contributed by atoms with Crippen molar-refractivity contribution >= 4 is 5.91 Å². The highest BCUT2D eigenvalue weighted by Gasteiger charge is 2.31. The fraction of sp³-hybridized carbons (Fsp3) is 0.933. The van der Waals surface area contributed by atoms with Crippen LogP contribution in [-0.4, -0.2) is 41.7 Å². The highest BCUT2D eigenvalue weighted by Crippen LogP contribution is 2.31. The third-order valence-electron chi connectivity index (χ3n) is 5.06. The lowest BCUT2D eigenvalue weighted by atomic mass is 9.81. The summed E-state index contributed by atoms with van der Waals surface area (Å²) in [4.78, 5) is 14.5. The predicted molar refractivity (Wildman–Crippen MR) is 75.5 cm³/mol. The van der Waals surface area contributed by atoms with Crippen LogP contribution in [0.25, 0.3) is 0 Å². The van der Waals surface area contributed by atoms with Gasteiger partial charge in [0.15, 0.2) is 0 Å². The van der Waals surface area contributed by atoms with Crippen molar-refractivity contribution in [3.63, 3.8) is 0 Å². The van der Waals surface area contributed by atoms with Crippen molar-refractivity contribution in [1.29, 1.82) is 0 Å². The van der Waals surface area contributed by atoms with Gasteiger partial charge in [0.25, 0.3) is 0 Å². The SMILES string of the molecule is CC(O)C1CCN(C(=O)C2CCC(CN)CC2)CC1. The Morgan fingerprint density at radius 2 is 1.79 bits per heavy atom. The Morgan fingerprint density at radius 3 is 2.26 bits per heavy atom. The first-order valence-corrected chi connectivity index (χ1v) is 7.78. The molecule has 0 bridgehead atoms. The monoisotopic (exact) mass is 268 g/mol. The average molecular weight is 268 g/mol. The topological polar surface area (TPSA) is 66.6 Å². The van der Waals surface area contributed by atoms with Crippen LogP contribution in [0.5, 0.6) is 0 Å². The lowest BCUT2D eigenvalue weighted by Crippen LogP contribution is -2.44. The molecule has 1 aliphatic heterocycles. The highest BCUT2D eigenvalue weighted by molar-refractivity contribution is 5.79. The molecule has 110 valence electrons. The minimum Gasteiger partial charge on any atom is -0.393 e. The minimum atomic E-state index is -0.239. The van der Waals surface area contributed by atoms with E-state index in [1.165, 1.54) is 0 Å². The summed E-state index contributed by atoms with van der Waals surface area (Å²) in [5.41, 5.74) is 5.69. The van der Waals surface area contributed by atoms with Crippen LogP contribution in [0.3, 0.4) is 0 Å². The van der Waals surface area contributed by atoms with Crippen molar-refractivity contribution in [3.05, 3.63) is 0 Å². The van der Waals surface area contributed by atoms with Crippen LogP contribution in [-0.2, 0) is 4.79 Å². The Morgan fingerprint density at radius 1 is 1.21 bits per heavy atom. The first kappa shape index (κ1) is 14.8. The molecule has 0 aromatic carbocycles. The van der Waals surface area contributed by atoms with Gasteiger partial charge in [-0.3, -0.25) is 4.79 Å². The summed E-state index contributed by atoms with van der Waals surface area (Å²) in [6.07, 6.45) is 5.89. The fourth-order valence-electron chi connectivity index (χ4n) is 3.51. The molecule has 0 spiro atoms. The average Bonchev–Trinajstić information content (AvgIpc) is 2.46. The van der Waals surface area contributed by atoms with Gasteiger partial charge in [0.2, 0.25) is 5.91 Å². The number of carbonyl (C=O) groups is 1. The van der Waals surface area contributed by atoms with Crippen molar-refractivity contribution in [2.24, 2.45) is 23.5 Å². The van der Waals surface area contributed by atoms with Crippen molar-refractivity contribution in [1.82, 2.24) is 4.90 Å². The number of piperidine rings is 1. The van der Waals surface area contributed by atoms with Crippen LogP contribution in [0.4, 0.5) is 0 Å². The van der Waals surface area contributed by atoms with Crippen LogP contribution < -0.4 is 5.73 Å². The second kappa shape index (κ2) is 6.71. The molecule has 2 fully saturated rings. The van der Waals surface area contributed by atoms with Gasteiger partial charge in [-0.1, -0.05) is 0 Å². The van der Waals surface area contributed by atoms with Crippen LogP contribution in [0.1, 0.15) is 45.4 Å². The molecule has 2 rings (SSSR count). The van der Waals surface area contributed by atoms with Gasteiger partial charge in [-0.15, -0.1) is 0 Å². The maximum atomic E-state index is 12.5. The van der Waals surface area contributed by atoms with Crippen molar-refractivity contribution in [2.75, 3.05) is 19.6 Å². The number of hydrogen-bond acceptors (Lipinski definition) is 3. The molecule has 3 N–H and O–H groups in total. The molecule has 1 saturated carbocycles. The molecule has 0 aromatic rings. The lowest BCUT2D eigenvalue weighted by Gasteiger charge is -2.37. The van der Waals surface area contributed by atoms with E-state index in [1.54, 1.807) is 0 Å². The van der Waals surface area contributed by atoms with E-state index in [1.807, 2.05) is 11.8 Å². The third-order valence-corrected chi connectivity index (χ3v) is 5.06. The number of nitrogens with zero attached hydrogens (tertiary/aromatic N) is 1. The molecule has 1 unspecified atom stereocenters. The quantitative estimate of drug-likeness (QED) is 0.812. The molecule has 1 aliphatic carbocycles. The number of amides is 1. The molecule has 0 radical (unpaired) electrons. The predicted octanol–water partition coefficient (Wildman–Crippen LogP) is 1.37. The van der Waals surface area contributed by atoms with Crippen LogP contribution >= 0.6 is 0 Å². The van der Waals surface area contributed by atoms with Crippen LogP contribution in [0, 0.1) is 17.8 Å². The first-order valence-electron chi connectivity index (χ1n) is 7.78. The van der Waals surface area contributed by atoms with Crippen molar-refractivity contribution < 1.29 is 9.90 Å². The van der Waals surface area contributed by atoms with Gasteiger partial charge >= 0.3 is 0 Å². The summed E-state index contributed by atoms with van der Waals surface area (Å²) >= 11 is 0. The largest absolute Gasteiger partial charge is 0.393 e. The van der Waals surface area contributed by atoms with Gasteiger partial charge in [0.1, 0.15) is 0 Å². The summed E-state index contributed by atoms with van der Waals surface area (Å²) < 4.78 is 0. The van der Waals surface area contributed by atoms with E-state index in [9.17, 15) is 9.90 Å². The summed E-state index contributed by atoms with van der Waals surface area (Å²) in [5, 5.41) is 9.59. The van der Waals surface area contributed by atoms with E-state index >= 15 is 0 Å². The number of nitrogens with two attached hydrogens (primary N) is 1. The van der Waals surface area contributed by atoms with Crippen molar-refractivity contribution in [3.8, 4) is 0 Å². The van der Waals surface area contributed by atoms with Crippen molar-refractivity contribution in [2.45, 2.75) is 51.6 Å². The molecular formula is C15H28N2O2. The van der Waals surface area contributed by atoms with Crippen LogP contribution in [0.2, 0.25) is 0 Å². The van der Waals surface area contributed by atoms with Gasteiger partial charge in [-0.2, -0.15) is 0 Å². The summed E-state index contributed by atoms with van der Waals surface area (Å²) in [7, 11) is 0. The second-order valence-corrected chi connectivity index (χ2v) is 6.36. The third kappa shape index (κ3) is 3.69. The smallest absolute Gasteiger partial charge is 0.225 e. The summed E-state index contributed by atoms with van der Waals surface area (Å²) in [6, 6.07) is 0. The number of carbonyl (C=O) groups excluding carboxylic acids is 1. The fourth-order valence-corrected chi connectivity index (χ4v) is 3.51. The number of aliphatic hydroxyl groups is 1. The van der Waals surface area contributed by atoms with E-state index < -0.39 is 0 Å². The van der Waals surface area contributed by atoms with E-state index in [0.717, 1.165) is 58.2 Å². The maximum absolute atomic E-state index is 12.5. The van der Waals surface area contributed by atoms with E-state index in [4.69, 9.17) is 5.73 Å². The zero-order valence-corrected chi connectivity index (χ0v) is 12.1. The number of aliphatic hydroxyl groups excluding tert-OH is 1. The second-order valence-electron chi connectivity index (χ2n) is 6.36. The minimum absolute atomic E-state index is 0.228. The zero-order valence-electron chi connectivity index (χ0n) is 12.1. The molecule has 19 heavy (non-hydrogen) atoms. The normalized spacial score (nSPS) is 31.2. The molecule has 4 heteroatoms. The number of likely N-dealkylation sites (tertiary alicyclic amines) is 1. The zero-order chi connectivity index (χ0) is 13.8. The number of hydrogen-bond donors (Lipinski definition) is 2. The van der Waals surface area contributed by atoms with Gasteiger partial charge in [0, 0.05) is 19.0 Å². The molecule has 0 aromatic heterocycles. The lowest BCUT2D eigenvalue weighted by molar-refractivity contribution is -0.138. The van der Waals surface area contributed by atoms with Gasteiger partial charge in [-0.05, 0) is 63.8 Å². The molecule has 4 nitrogen and oxygen atoms in total. The standard InChI is InChI=1S/C15H28N2O2/c1-11(18)13-6-8-17(9-7-13)15(19)14-4-2-12(10-16)3-5-14/h11-14,18H,2-10,16H2,1H3. The molecule has 1 atom stereocenters. The summed E-state index contributed by atoms with van der Waals surface area (Å²) in [5.74, 6) is 1.58. The van der Waals surface area contributed by atoms with Crippen LogP contribution in [0.15, 0.2) is 0 Å². The maximum Gasteiger partial charge on any atom is 0.225 e. The van der Waals surface area contributed by atoms with E-state index in [0.29, 0.717) is 17.7 Å². The molecular weight excluding hydrogens is 240 g/mol. The Labute approximate surface area is 116 Å². The molecule has 1 heterocycles. The molecule has 1 amide bonds. The van der Waals surface area contributed by atoms with Gasteiger partial charge in [-0.25, -0.2) is 0 Å². The molecule has 1 saturated heterocycles. The van der Waals surface area contributed by atoms with E-state index in [-0.39, 0.29) is 12.0 Å². The Hall–Kier alpha value is -0.610.